The first-order chi connectivity index (χ1) is 9.29. The van der Waals surface area contributed by atoms with Crippen LogP contribution < -0.4 is 10.5 Å². The summed E-state index contributed by atoms with van der Waals surface area (Å²) in [6, 6.07) is 4.95. The van der Waals surface area contributed by atoms with Crippen molar-refractivity contribution in [2.75, 3.05) is 10.5 Å². The molecule has 6 nitrogen and oxygen atoms in total. The lowest BCUT2D eigenvalue weighted by molar-refractivity contribution is 0.599. The third kappa shape index (κ3) is 2.97. The Balaban J connectivity index is 2.38. The number of nitrogens with two attached hydrogens (primary N) is 1. The van der Waals surface area contributed by atoms with Crippen LogP contribution in [0.4, 0.5) is 15.9 Å². The van der Waals surface area contributed by atoms with Gasteiger partial charge in [-0.15, -0.1) is 10.2 Å². The fraction of sp³-hybridized carbons (Fsp3) is 0.0909. The quantitative estimate of drug-likeness (QED) is 0.843. The Morgan fingerprint density at radius 2 is 2.00 bits per heavy atom. The second kappa shape index (κ2) is 5.22. The maximum absolute atomic E-state index is 13.4. The largest absolute Gasteiger partial charge is 0.396 e. The van der Waals surface area contributed by atoms with Crippen LogP contribution in [0.5, 0.6) is 0 Å². The van der Waals surface area contributed by atoms with Crippen LogP contribution in [0.15, 0.2) is 29.2 Å². The summed E-state index contributed by atoms with van der Waals surface area (Å²) in [6.07, 6.45) is 0. The second-order valence-corrected chi connectivity index (χ2v) is 6.06. The van der Waals surface area contributed by atoms with Crippen LogP contribution in [0.1, 0.15) is 5.56 Å². The molecular formula is C11H10ClFN4O2S. The third-order valence-corrected chi connectivity index (χ3v) is 3.97. The van der Waals surface area contributed by atoms with Gasteiger partial charge in [-0.2, -0.15) is 0 Å². The molecule has 0 radical (unpaired) electrons. The lowest BCUT2D eigenvalue weighted by Crippen LogP contribution is -2.15. The van der Waals surface area contributed by atoms with Gasteiger partial charge in [0, 0.05) is 0 Å². The zero-order valence-electron chi connectivity index (χ0n) is 10.3. The molecule has 1 heterocycles. The van der Waals surface area contributed by atoms with Crippen molar-refractivity contribution >= 4 is 33.1 Å². The topological polar surface area (TPSA) is 98.0 Å². The summed E-state index contributed by atoms with van der Waals surface area (Å²) in [5.74, 6) is -0.648. The van der Waals surface area contributed by atoms with E-state index in [0.29, 0.717) is 0 Å². The first-order valence-electron chi connectivity index (χ1n) is 5.37. The van der Waals surface area contributed by atoms with Crippen molar-refractivity contribution in [1.29, 1.82) is 0 Å². The van der Waals surface area contributed by atoms with E-state index in [1.165, 1.54) is 25.1 Å². The van der Waals surface area contributed by atoms with Gasteiger partial charge in [0.1, 0.15) is 5.82 Å². The number of hydrogen-bond acceptors (Lipinski definition) is 5. The minimum absolute atomic E-state index is 0.00468. The number of sulfonamides is 1. The van der Waals surface area contributed by atoms with Gasteiger partial charge in [0.2, 0.25) is 0 Å². The number of rotatable bonds is 3. The number of halogens is 2. The number of aromatic nitrogens is 2. The van der Waals surface area contributed by atoms with Crippen LogP contribution in [0.2, 0.25) is 5.15 Å². The van der Waals surface area contributed by atoms with Crippen LogP contribution in [-0.2, 0) is 10.0 Å². The van der Waals surface area contributed by atoms with Crippen LogP contribution >= 0.6 is 11.6 Å². The maximum Gasteiger partial charge on any atom is 0.263 e. The van der Waals surface area contributed by atoms with Crippen molar-refractivity contribution in [2.45, 2.75) is 11.8 Å². The first-order valence-corrected chi connectivity index (χ1v) is 7.23. The van der Waals surface area contributed by atoms with Gasteiger partial charge in [-0.3, -0.25) is 4.72 Å². The summed E-state index contributed by atoms with van der Waals surface area (Å²) >= 11 is 5.55. The molecule has 0 saturated carbocycles. The van der Waals surface area contributed by atoms with Crippen LogP contribution in [0.3, 0.4) is 0 Å². The van der Waals surface area contributed by atoms with E-state index in [9.17, 15) is 12.8 Å². The monoisotopic (exact) mass is 316 g/mol. The van der Waals surface area contributed by atoms with Crippen molar-refractivity contribution in [3.05, 3.63) is 40.8 Å². The number of nitrogens with one attached hydrogen (secondary N) is 1. The summed E-state index contributed by atoms with van der Waals surface area (Å²) in [5.41, 5.74) is 5.31. The predicted molar refractivity (Wildman–Crippen MR) is 73.4 cm³/mol. The zero-order chi connectivity index (χ0) is 14.9. The second-order valence-electron chi connectivity index (χ2n) is 3.99. The number of hydrogen-bond donors (Lipinski definition) is 2. The van der Waals surface area contributed by atoms with Crippen molar-refractivity contribution in [1.82, 2.24) is 10.2 Å². The van der Waals surface area contributed by atoms with E-state index in [1.807, 2.05) is 0 Å². The molecule has 0 unspecified atom stereocenters. The zero-order valence-corrected chi connectivity index (χ0v) is 11.8. The standard InChI is InChI=1S/C11H10ClFN4O2S/c1-6-4-7(5-8(14)11(6)13)20(18,19)17-10-3-2-9(12)15-16-10/h2-5H,14H2,1H3,(H,16,17). The number of benzene rings is 1. The number of anilines is 2. The Morgan fingerprint density at radius 1 is 1.30 bits per heavy atom. The fourth-order valence-electron chi connectivity index (χ4n) is 1.48. The van der Waals surface area contributed by atoms with E-state index in [-0.39, 0.29) is 27.1 Å². The third-order valence-electron chi connectivity index (χ3n) is 2.44. The van der Waals surface area contributed by atoms with Gasteiger partial charge < -0.3 is 5.73 Å². The lowest BCUT2D eigenvalue weighted by atomic mass is 10.2. The van der Waals surface area contributed by atoms with E-state index >= 15 is 0 Å². The lowest BCUT2D eigenvalue weighted by Gasteiger charge is -2.09. The highest BCUT2D eigenvalue weighted by Crippen LogP contribution is 2.22. The molecule has 0 bridgehead atoms. The molecule has 3 N–H and O–H groups in total. The van der Waals surface area contributed by atoms with Crippen LogP contribution in [0, 0.1) is 12.7 Å². The average Bonchev–Trinajstić information content (AvgIpc) is 2.38. The molecule has 2 rings (SSSR count). The van der Waals surface area contributed by atoms with E-state index in [2.05, 4.69) is 14.9 Å². The van der Waals surface area contributed by atoms with Crippen molar-refractivity contribution in [2.24, 2.45) is 0 Å². The van der Waals surface area contributed by atoms with Gasteiger partial charge in [-0.05, 0) is 36.8 Å². The van der Waals surface area contributed by atoms with Gasteiger partial charge >= 0.3 is 0 Å². The molecule has 20 heavy (non-hydrogen) atoms. The SMILES string of the molecule is Cc1cc(S(=O)(=O)Nc2ccc(Cl)nn2)cc(N)c1F. The summed E-state index contributed by atoms with van der Waals surface area (Å²) in [5, 5.41) is 7.22. The van der Waals surface area contributed by atoms with Crippen molar-refractivity contribution < 1.29 is 12.8 Å². The molecule has 0 amide bonds. The minimum atomic E-state index is -3.93. The molecule has 9 heteroatoms. The summed E-state index contributed by atoms with van der Waals surface area (Å²) in [6.45, 7) is 1.42. The summed E-state index contributed by atoms with van der Waals surface area (Å²) in [7, 11) is -3.93. The molecule has 1 aromatic heterocycles. The molecule has 0 aliphatic carbocycles. The van der Waals surface area contributed by atoms with Crippen LogP contribution in [0.25, 0.3) is 0 Å². The molecule has 106 valence electrons. The van der Waals surface area contributed by atoms with Crippen molar-refractivity contribution in [3.8, 4) is 0 Å². The number of nitrogen functional groups attached to an aromatic ring is 1. The van der Waals surface area contributed by atoms with Gasteiger partial charge in [0.25, 0.3) is 10.0 Å². The summed E-state index contributed by atoms with van der Waals surface area (Å²) in [4.78, 5) is -0.161. The smallest absolute Gasteiger partial charge is 0.263 e. The number of aryl methyl sites for hydroxylation is 1. The molecule has 0 atom stereocenters. The molecular weight excluding hydrogens is 307 g/mol. The Hall–Kier alpha value is -1.93. The molecule has 2 aromatic rings. The first kappa shape index (κ1) is 14.5. The van der Waals surface area contributed by atoms with Gasteiger partial charge in [-0.25, -0.2) is 12.8 Å². The minimum Gasteiger partial charge on any atom is -0.396 e. The molecule has 0 aliphatic rings. The number of nitrogens with zero attached hydrogens (tertiary/aromatic N) is 2. The highest BCUT2D eigenvalue weighted by Gasteiger charge is 2.18. The molecule has 0 aliphatic heterocycles. The molecule has 0 saturated heterocycles. The highest BCUT2D eigenvalue weighted by atomic mass is 35.5. The van der Waals surface area contributed by atoms with E-state index in [1.54, 1.807) is 0 Å². The van der Waals surface area contributed by atoms with E-state index in [4.69, 9.17) is 17.3 Å². The molecule has 1 aromatic carbocycles. The summed E-state index contributed by atoms with van der Waals surface area (Å²) < 4.78 is 39.8. The van der Waals surface area contributed by atoms with Gasteiger partial charge in [0.05, 0.1) is 10.6 Å². The Morgan fingerprint density at radius 3 is 2.55 bits per heavy atom. The fourth-order valence-corrected chi connectivity index (χ4v) is 2.70. The van der Waals surface area contributed by atoms with Gasteiger partial charge in [-0.1, -0.05) is 11.6 Å². The highest BCUT2D eigenvalue weighted by molar-refractivity contribution is 7.92. The van der Waals surface area contributed by atoms with E-state index in [0.717, 1.165) is 6.07 Å². The van der Waals surface area contributed by atoms with E-state index < -0.39 is 15.8 Å². The average molecular weight is 317 g/mol. The molecule has 0 spiro atoms. The van der Waals surface area contributed by atoms with Crippen molar-refractivity contribution in [3.63, 3.8) is 0 Å². The normalized spacial score (nSPS) is 11.3. The Labute approximate surface area is 119 Å². The Bertz CT molecular complexity index is 727. The molecule has 0 fully saturated rings. The maximum atomic E-state index is 13.4. The van der Waals surface area contributed by atoms with Gasteiger partial charge in [0.15, 0.2) is 11.0 Å². The van der Waals surface area contributed by atoms with Crippen LogP contribution in [-0.4, -0.2) is 18.6 Å². The Kier molecular flexibility index (Phi) is 3.78. The predicted octanol–water partition coefficient (Wildman–Crippen LogP) is 1.96.